The Morgan fingerprint density at radius 1 is 0.844 bits per heavy atom. The van der Waals surface area contributed by atoms with E-state index in [0.29, 0.717) is 23.4 Å². The lowest BCUT2D eigenvalue weighted by molar-refractivity contribution is 0.0945. The molecule has 0 aliphatic heterocycles. The summed E-state index contributed by atoms with van der Waals surface area (Å²) in [5.74, 6) is -0.420. The van der Waals surface area contributed by atoms with E-state index in [1.807, 2.05) is 62.4 Å². The average Bonchev–Trinajstić information content (AvgIpc) is 3.30. The van der Waals surface area contributed by atoms with Crippen molar-refractivity contribution in [3.8, 4) is 11.3 Å². The van der Waals surface area contributed by atoms with Crippen molar-refractivity contribution in [2.75, 3.05) is 5.32 Å². The summed E-state index contributed by atoms with van der Waals surface area (Å²) in [6, 6.07) is 22.4. The molecule has 0 aliphatic rings. The largest absolute Gasteiger partial charge is 0.443 e. The Morgan fingerprint density at radius 2 is 1.50 bits per heavy atom. The monoisotopic (exact) mass is 425 g/mol. The number of benzene rings is 3. The third-order valence-corrected chi connectivity index (χ3v) is 5.08. The molecule has 0 bridgehead atoms. The molecule has 3 aromatic carbocycles. The van der Waals surface area contributed by atoms with Crippen LogP contribution in [-0.4, -0.2) is 16.8 Å². The van der Waals surface area contributed by atoms with Crippen LogP contribution in [0.15, 0.2) is 83.6 Å². The van der Waals surface area contributed by atoms with E-state index in [1.54, 1.807) is 24.3 Å². The first-order valence-electron chi connectivity index (χ1n) is 10.3. The zero-order valence-electron chi connectivity index (χ0n) is 17.9. The van der Waals surface area contributed by atoms with Crippen LogP contribution >= 0.6 is 0 Å². The number of aryl methyl sites for hydroxylation is 2. The Bertz CT molecular complexity index is 1240. The lowest BCUT2D eigenvalue weighted by Crippen LogP contribution is -2.24. The van der Waals surface area contributed by atoms with Crippen LogP contribution in [0, 0.1) is 13.8 Å². The van der Waals surface area contributed by atoms with Crippen LogP contribution in [0.2, 0.25) is 0 Å². The van der Waals surface area contributed by atoms with Gasteiger partial charge in [-0.1, -0.05) is 65.7 Å². The van der Waals surface area contributed by atoms with Gasteiger partial charge in [0.1, 0.15) is 0 Å². The van der Waals surface area contributed by atoms with Gasteiger partial charge in [-0.2, -0.15) is 0 Å². The van der Waals surface area contributed by atoms with Crippen molar-refractivity contribution in [1.82, 2.24) is 10.3 Å². The zero-order chi connectivity index (χ0) is 22.5. The lowest BCUT2D eigenvalue weighted by Gasteiger charge is -2.10. The highest BCUT2D eigenvalue weighted by Crippen LogP contribution is 2.27. The minimum Gasteiger partial charge on any atom is -0.443 e. The van der Waals surface area contributed by atoms with E-state index < -0.39 is 0 Å². The zero-order valence-corrected chi connectivity index (χ0v) is 17.9. The highest BCUT2D eigenvalue weighted by molar-refractivity contribution is 6.09. The van der Waals surface area contributed by atoms with Crippen LogP contribution in [0.5, 0.6) is 0 Å². The highest BCUT2D eigenvalue weighted by Gasteiger charge is 2.22. The molecule has 0 spiro atoms. The molecule has 0 radical (unpaired) electrons. The van der Waals surface area contributed by atoms with E-state index in [9.17, 15) is 9.59 Å². The van der Waals surface area contributed by atoms with Crippen molar-refractivity contribution in [3.63, 3.8) is 0 Å². The fourth-order valence-corrected chi connectivity index (χ4v) is 3.29. The van der Waals surface area contributed by atoms with Gasteiger partial charge in [-0.25, -0.2) is 4.98 Å². The Morgan fingerprint density at radius 3 is 2.22 bits per heavy atom. The predicted molar refractivity (Wildman–Crippen MR) is 123 cm³/mol. The van der Waals surface area contributed by atoms with Crippen LogP contribution in [-0.2, 0) is 6.54 Å². The molecular weight excluding hydrogens is 402 g/mol. The van der Waals surface area contributed by atoms with Gasteiger partial charge in [0.15, 0.2) is 17.8 Å². The number of nitrogens with zero attached hydrogens (tertiary/aromatic N) is 1. The number of carbonyl (C=O) groups is 2. The summed E-state index contributed by atoms with van der Waals surface area (Å²) in [5, 5.41) is 5.75. The van der Waals surface area contributed by atoms with Crippen LogP contribution in [0.3, 0.4) is 0 Å². The Kier molecular flexibility index (Phi) is 6.12. The van der Waals surface area contributed by atoms with Crippen molar-refractivity contribution >= 4 is 17.5 Å². The molecule has 2 amide bonds. The van der Waals surface area contributed by atoms with Gasteiger partial charge in [-0.15, -0.1) is 0 Å². The van der Waals surface area contributed by atoms with Crippen LogP contribution in [0.4, 0.5) is 5.69 Å². The normalized spacial score (nSPS) is 10.6. The smallest absolute Gasteiger partial charge is 0.274 e. The van der Waals surface area contributed by atoms with Gasteiger partial charge in [0.25, 0.3) is 11.8 Å². The molecule has 0 atom stereocenters. The molecule has 0 saturated heterocycles. The van der Waals surface area contributed by atoms with E-state index in [-0.39, 0.29) is 23.3 Å². The number of nitrogens with one attached hydrogen (secondary N) is 2. The van der Waals surface area contributed by atoms with Crippen molar-refractivity contribution in [2.24, 2.45) is 0 Å². The molecule has 0 aliphatic carbocycles. The van der Waals surface area contributed by atoms with Crippen molar-refractivity contribution in [1.29, 1.82) is 0 Å². The second-order valence-electron chi connectivity index (χ2n) is 7.56. The molecule has 160 valence electrons. The van der Waals surface area contributed by atoms with E-state index in [2.05, 4.69) is 15.6 Å². The first kappa shape index (κ1) is 21.1. The van der Waals surface area contributed by atoms with Crippen LogP contribution in [0.1, 0.15) is 37.5 Å². The van der Waals surface area contributed by atoms with Crippen molar-refractivity contribution in [2.45, 2.75) is 20.4 Å². The molecule has 6 heteroatoms. The fraction of sp³-hybridized carbons (Fsp3) is 0.115. The number of hydrogen-bond acceptors (Lipinski definition) is 4. The second kappa shape index (κ2) is 9.31. The van der Waals surface area contributed by atoms with E-state index in [1.165, 1.54) is 6.39 Å². The molecule has 2 N–H and O–H groups in total. The van der Waals surface area contributed by atoms with Crippen molar-refractivity contribution in [3.05, 3.63) is 107 Å². The molecule has 4 aromatic rings. The lowest BCUT2D eigenvalue weighted by atomic mass is 10.0. The summed E-state index contributed by atoms with van der Waals surface area (Å²) in [7, 11) is 0. The summed E-state index contributed by atoms with van der Waals surface area (Å²) in [4.78, 5) is 29.9. The Balaban J connectivity index is 1.55. The molecule has 1 aromatic heterocycles. The molecular formula is C26H23N3O3. The number of carbonyl (C=O) groups excluding carboxylic acids is 2. The second-order valence-corrected chi connectivity index (χ2v) is 7.56. The summed E-state index contributed by atoms with van der Waals surface area (Å²) in [6.45, 7) is 4.35. The Hall–Kier alpha value is -4.19. The minimum atomic E-state index is -0.372. The summed E-state index contributed by atoms with van der Waals surface area (Å²) in [5.41, 5.74) is 4.93. The van der Waals surface area contributed by atoms with Crippen molar-refractivity contribution < 1.29 is 14.0 Å². The third kappa shape index (κ3) is 4.75. The summed E-state index contributed by atoms with van der Waals surface area (Å²) < 4.78 is 5.54. The standard InChI is InChI=1S/C26H23N3O3/c1-17-7-11-19(12-8-17)15-27-26(31)23-24(32-16-28-23)21-5-3-4-6-22(21)25(30)29-20-13-9-18(2)10-14-20/h3-14,16H,15H2,1-2H3,(H,27,31)(H,29,30). The van der Waals surface area contributed by atoms with E-state index in [0.717, 1.165) is 16.7 Å². The minimum absolute atomic E-state index is 0.132. The first-order valence-corrected chi connectivity index (χ1v) is 10.3. The molecule has 0 saturated carbocycles. The van der Waals surface area contributed by atoms with Gasteiger partial charge < -0.3 is 15.1 Å². The number of amides is 2. The molecule has 0 unspecified atom stereocenters. The molecule has 32 heavy (non-hydrogen) atoms. The molecule has 0 fully saturated rings. The Labute approximate surface area is 186 Å². The third-order valence-electron chi connectivity index (χ3n) is 5.08. The van der Waals surface area contributed by atoms with Gasteiger partial charge in [0.05, 0.1) is 5.56 Å². The molecule has 4 rings (SSSR count). The topological polar surface area (TPSA) is 84.2 Å². The first-order chi connectivity index (χ1) is 15.5. The summed E-state index contributed by atoms with van der Waals surface area (Å²) in [6.07, 6.45) is 1.21. The van der Waals surface area contributed by atoms with Gasteiger partial charge in [0.2, 0.25) is 0 Å². The van der Waals surface area contributed by atoms with Gasteiger partial charge in [-0.05, 0) is 37.6 Å². The molecule has 6 nitrogen and oxygen atoms in total. The number of rotatable bonds is 6. The number of oxazole rings is 1. The van der Waals surface area contributed by atoms with E-state index >= 15 is 0 Å². The molecule has 1 heterocycles. The quantitative estimate of drug-likeness (QED) is 0.448. The van der Waals surface area contributed by atoms with Crippen LogP contribution in [0.25, 0.3) is 11.3 Å². The SMILES string of the molecule is Cc1ccc(CNC(=O)c2ncoc2-c2ccccc2C(=O)Nc2ccc(C)cc2)cc1. The van der Waals surface area contributed by atoms with Gasteiger partial charge in [0, 0.05) is 17.8 Å². The maximum absolute atomic E-state index is 13.0. The fourth-order valence-electron chi connectivity index (χ4n) is 3.29. The highest BCUT2D eigenvalue weighted by atomic mass is 16.3. The number of hydrogen-bond donors (Lipinski definition) is 2. The predicted octanol–water partition coefficient (Wildman–Crippen LogP) is 5.14. The maximum atomic E-state index is 13.0. The number of anilines is 1. The average molecular weight is 425 g/mol. The van der Waals surface area contributed by atoms with Crippen LogP contribution < -0.4 is 10.6 Å². The van der Waals surface area contributed by atoms with Gasteiger partial charge >= 0.3 is 0 Å². The number of aromatic nitrogens is 1. The van der Waals surface area contributed by atoms with Gasteiger partial charge in [-0.3, -0.25) is 9.59 Å². The van der Waals surface area contributed by atoms with E-state index in [4.69, 9.17) is 4.42 Å². The maximum Gasteiger partial charge on any atom is 0.274 e. The summed E-state index contributed by atoms with van der Waals surface area (Å²) >= 11 is 0.